The molecule has 0 amide bonds. The third-order valence-electron chi connectivity index (χ3n) is 3.58. The van der Waals surface area contributed by atoms with Crippen LogP contribution in [0.2, 0.25) is 0 Å². The van der Waals surface area contributed by atoms with Gasteiger partial charge in [0.2, 0.25) is 0 Å². The van der Waals surface area contributed by atoms with E-state index in [-0.39, 0.29) is 5.92 Å². The summed E-state index contributed by atoms with van der Waals surface area (Å²) in [6.45, 7) is 6.16. The Hall–Kier alpha value is -1.38. The van der Waals surface area contributed by atoms with E-state index in [1.165, 1.54) is 0 Å². The zero-order valence-corrected chi connectivity index (χ0v) is 10.7. The molecule has 1 aliphatic rings. The fourth-order valence-corrected chi connectivity index (χ4v) is 2.61. The maximum Gasteiger partial charge on any atom is 0.337 e. The lowest BCUT2D eigenvalue weighted by Gasteiger charge is -2.14. The molecule has 1 unspecified atom stereocenters. The summed E-state index contributed by atoms with van der Waals surface area (Å²) >= 11 is 0. The average Bonchev–Trinajstić information content (AvgIpc) is 2.68. The van der Waals surface area contributed by atoms with Crippen molar-refractivity contribution in [2.45, 2.75) is 51.9 Å². The van der Waals surface area contributed by atoms with Gasteiger partial charge in [-0.3, -0.25) is 4.98 Å². The van der Waals surface area contributed by atoms with E-state index in [0.29, 0.717) is 11.5 Å². The zero-order chi connectivity index (χ0) is 12.6. The van der Waals surface area contributed by atoms with Crippen molar-refractivity contribution in [2.75, 3.05) is 0 Å². The van der Waals surface area contributed by atoms with Gasteiger partial charge in [-0.2, -0.15) is 0 Å². The molecule has 0 saturated carbocycles. The van der Waals surface area contributed by atoms with E-state index in [1.54, 1.807) is 0 Å². The topological polar surface area (TPSA) is 50.2 Å². The molecule has 1 heterocycles. The number of hydrogen-bond donors (Lipinski definition) is 1. The van der Waals surface area contributed by atoms with Gasteiger partial charge < -0.3 is 5.11 Å². The normalized spacial score (nSPS) is 18.5. The molecule has 92 valence electrons. The molecule has 1 aliphatic carbocycles. The Morgan fingerprint density at radius 3 is 2.82 bits per heavy atom. The number of aryl methyl sites for hydroxylation is 1. The molecular formula is C14H19NO2. The Bertz CT molecular complexity index is 452. The van der Waals surface area contributed by atoms with Gasteiger partial charge in [-0.25, -0.2) is 4.79 Å². The summed E-state index contributed by atoms with van der Waals surface area (Å²) < 4.78 is 0. The molecule has 3 nitrogen and oxygen atoms in total. The number of hydrogen-bond acceptors (Lipinski definition) is 2. The van der Waals surface area contributed by atoms with Crippen molar-refractivity contribution >= 4 is 5.97 Å². The van der Waals surface area contributed by atoms with Gasteiger partial charge in [-0.1, -0.05) is 20.8 Å². The van der Waals surface area contributed by atoms with Crippen molar-refractivity contribution in [2.24, 2.45) is 0 Å². The van der Waals surface area contributed by atoms with E-state index in [0.717, 1.165) is 36.2 Å². The van der Waals surface area contributed by atoms with Crippen molar-refractivity contribution in [3.63, 3.8) is 0 Å². The van der Waals surface area contributed by atoms with Crippen molar-refractivity contribution in [1.82, 2.24) is 4.98 Å². The van der Waals surface area contributed by atoms with Gasteiger partial charge in [0.15, 0.2) is 0 Å². The van der Waals surface area contributed by atoms with E-state index < -0.39 is 5.97 Å². The van der Waals surface area contributed by atoms with Crippen molar-refractivity contribution in [3.05, 3.63) is 28.6 Å². The Balaban J connectivity index is 2.55. The molecule has 0 radical (unpaired) electrons. The summed E-state index contributed by atoms with van der Waals surface area (Å²) in [5, 5.41) is 9.23. The lowest BCUT2D eigenvalue weighted by molar-refractivity contribution is 0.0694. The molecular weight excluding hydrogens is 214 g/mol. The van der Waals surface area contributed by atoms with Crippen molar-refractivity contribution in [3.8, 4) is 0 Å². The number of pyridine rings is 1. The lowest BCUT2D eigenvalue weighted by atomic mass is 9.99. The highest BCUT2D eigenvalue weighted by atomic mass is 16.4. The molecule has 0 aromatic carbocycles. The first-order valence-corrected chi connectivity index (χ1v) is 6.31. The van der Waals surface area contributed by atoms with Gasteiger partial charge in [0, 0.05) is 11.6 Å². The van der Waals surface area contributed by atoms with Crippen LogP contribution in [0.15, 0.2) is 6.07 Å². The van der Waals surface area contributed by atoms with Crippen LogP contribution in [-0.4, -0.2) is 16.1 Å². The number of carboxylic acid groups (broad SMARTS) is 1. The maximum absolute atomic E-state index is 11.2. The van der Waals surface area contributed by atoms with E-state index in [1.807, 2.05) is 19.9 Å². The Labute approximate surface area is 102 Å². The van der Waals surface area contributed by atoms with Crippen LogP contribution in [0.5, 0.6) is 0 Å². The predicted molar refractivity (Wildman–Crippen MR) is 66.6 cm³/mol. The molecule has 1 aromatic heterocycles. The molecule has 0 spiro atoms. The monoisotopic (exact) mass is 233 g/mol. The highest BCUT2D eigenvalue weighted by Gasteiger charge is 2.26. The average molecular weight is 233 g/mol. The molecule has 0 fully saturated rings. The number of fused-ring (bicyclic) bond motifs is 1. The second kappa shape index (κ2) is 4.47. The van der Waals surface area contributed by atoms with Crippen LogP contribution in [0.1, 0.15) is 72.8 Å². The Kier molecular flexibility index (Phi) is 3.18. The van der Waals surface area contributed by atoms with Crippen molar-refractivity contribution in [1.29, 1.82) is 0 Å². The third-order valence-corrected chi connectivity index (χ3v) is 3.58. The van der Waals surface area contributed by atoms with E-state index in [9.17, 15) is 9.90 Å². The smallest absolute Gasteiger partial charge is 0.337 e. The summed E-state index contributed by atoms with van der Waals surface area (Å²) in [5.74, 6) is -0.182. The van der Waals surface area contributed by atoms with Crippen LogP contribution < -0.4 is 0 Å². The summed E-state index contributed by atoms with van der Waals surface area (Å²) in [6, 6.07) is 1.84. The Morgan fingerprint density at radius 1 is 1.59 bits per heavy atom. The van der Waals surface area contributed by atoms with Gasteiger partial charge in [0.1, 0.15) is 0 Å². The number of carboxylic acids is 1. The first-order chi connectivity index (χ1) is 8.04. The summed E-state index contributed by atoms with van der Waals surface area (Å²) in [6.07, 6.45) is 3.17. The molecule has 0 aliphatic heterocycles. The summed E-state index contributed by atoms with van der Waals surface area (Å²) in [5.41, 5.74) is 3.40. The van der Waals surface area contributed by atoms with Gasteiger partial charge in [0.05, 0.1) is 11.3 Å². The van der Waals surface area contributed by atoms with E-state index in [4.69, 9.17) is 0 Å². The predicted octanol–water partition coefficient (Wildman–Crippen LogP) is 3.34. The standard InChI is InChI=1S/C14H19NO2/c1-4-9-5-6-10-7-11(14(16)17)12(8(2)3)15-13(9)10/h7-9H,4-6H2,1-3H3,(H,16,17). The molecule has 17 heavy (non-hydrogen) atoms. The maximum atomic E-state index is 11.2. The largest absolute Gasteiger partial charge is 0.478 e. The summed E-state index contributed by atoms with van der Waals surface area (Å²) in [7, 11) is 0. The second-order valence-corrected chi connectivity index (χ2v) is 5.07. The van der Waals surface area contributed by atoms with Crippen LogP contribution in [0, 0.1) is 0 Å². The second-order valence-electron chi connectivity index (χ2n) is 5.07. The van der Waals surface area contributed by atoms with Gasteiger partial charge >= 0.3 is 5.97 Å². The number of aromatic carboxylic acids is 1. The lowest BCUT2D eigenvalue weighted by Crippen LogP contribution is -2.10. The minimum atomic E-state index is -0.857. The van der Waals surface area contributed by atoms with Crippen LogP contribution in [0.25, 0.3) is 0 Å². The number of aromatic nitrogens is 1. The molecule has 1 atom stereocenters. The molecule has 1 N–H and O–H groups in total. The fraction of sp³-hybridized carbons (Fsp3) is 0.571. The third kappa shape index (κ3) is 2.06. The van der Waals surface area contributed by atoms with Gasteiger partial charge in [-0.15, -0.1) is 0 Å². The minimum Gasteiger partial charge on any atom is -0.478 e. The highest BCUT2D eigenvalue weighted by molar-refractivity contribution is 5.89. The van der Waals surface area contributed by atoms with E-state index >= 15 is 0 Å². The zero-order valence-electron chi connectivity index (χ0n) is 10.7. The van der Waals surface area contributed by atoms with Gasteiger partial charge in [0.25, 0.3) is 0 Å². The molecule has 0 bridgehead atoms. The molecule has 0 saturated heterocycles. The first-order valence-electron chi connectivity index (χ1n) is 6.31. The van der Waals surface area contributed by atoms with E-state index in [2.05, 4.69) is 11.9 Å². The highest BCUT2D eigenvalue weighted by Crippen LogP contribution is 2.36. The molecule has 1 aromatic rings. The minimum absolute atomic E-state index is 0.157. The summed E-state index contributed by atoms with van der Waals surface area (Å²) in [4.78, 5) is 15.9. The Morgan fingerprint density at radius 2 is 2.29 bits per heavy atom. The fourth-order valence-electron chi connectivity index (χ4n) is 2.61. The number of nitrogens with zero attached hydrogens (tertiary/aromatic N) is 1. The molecule has 3 heteroatoms. The van der Waals surface area contributed by atoms with Crippen molar-refractivity contribution < 1.29 is 9.90 Å². The first kappa shape index (κ1) is 12.1. The SMILES string of the molecule is CCC1CCc2cc(C(=O)O)c(C(C)C)nc21. The molecule has 2 rings (SSSR count). The van der Waals surface area contributed by atoms with Crippen LogP contribution >= 0.6 is 0 Å². The number of carbonyl (C=O) groups is 1. The van der Waals surface area contributed by atoms with Crippen LogP contribution in [-0.2, 0) is 6.42 Å². The van der Waals surface area contributed by atoms with Gasteiger partial charge in [-0.05, 0) is 36.8 Å². The van der Waals surface area contributed by atoms with Crippen LogP contribution in [0.4, 0.5) is 0 Å². The van der Waals surface area contributed by atoms with Crippen LogP contribution in [0.3, 0.4) is 0 Å². The number of rotatable bonds is 3. The quantitative estimate of drug-likeness (QED) is 0.871.